The number of thioether (sulfide) groups is 1. The van der Waals surface area contributed by atoms with E-state index in [9.17, 15) is 14.4 Å². The van der Waals surface area contributed by atoms with E-state index in [1.807, 2.05) is 69.4 Å². The molecule has 6 nitrogen and oxygen atoms in total. The van der Waals surface area contributed by atoms with Gasteiger partial charge in [0, 0.05) is 35.1 Å². The van der Waals surface area contributed by atoms with Crippen LogP contribution in [0.4, 0.5) is 11.4 Å². The number of aromatic nitrogens is 1. The number of hydrogen-bond donors (Lipinski definition) is 2. The lowest BCUT2D eigenvalue weighted by molar-refractivity contribution is -0.121. The fourth-order valence-corrected chi connectivity index (χ4v) is 4.66. The molecule has 7 heteroatoms. The molecular weight excluding hydrogens is 410 g/mol. The van der Waals surface area contributed by atoms with Crippen molar-refractivity contribution in [1.29, 1.82) is 0 Å². The molecule has 1 aliphatic heterocycles. The summed E-state index contributed by atoms with van der Waals surface area (Å²) >= 11 is 1.37. The van der Waals surface area contributed by atoms with E-state index in [0.717, 1.165) is 15.8 Å². The normalized spacial score (nSPS) is 16.9. The van der Waals surface area contributed by atoms with Gasteiger partial charge in [-0.2, -0.15) is 0 Å². The van der Waals surface area contributed by atoms with Crippen LogP contribution in [0.5, 0.6) is 0 Å². The lowest BCUT2D eigenvalue weighted by Crippen LogP contribution is -2.31. The number of fused-ring (bicyclic) bond motifs is 1. The van der Waals surface area contributed by atoms with Crippen LogP contribution in [0, 0.1) is 5.41 Å². The fourth-order valence-electron chi connectivity index (χ4n) is 3.61. The Bertz CT molecular complexity index is 1140. The number of anilines is 2. The molecule has 3 aromatic rings. The van der Waals surface area contributed by atoms with Gasteiger partial charge in [-0.05, 0) is 53.3 Å². The standard InChI is InChI=1S/C24H25N3O3S/c1-24(2,3)14-21(28)26-16-5-8-18(9-6-16)31-20-13-22(29)27(23(20)30)17-7-4-15-10-11-25-19(15)12-17/h4-12,20,25H,13-14H2,1-3H3,(H,26,28). The van der Waals surface area contributed by atoms with Gasteiger partial charge in [0.1, 0.15) is 0 Å². The first kappa shape index (κ1) is 21.2. The number of nitrogens with zero attached hydrogens (tertiary/aromatic N) is 1. The summed E-state index contributed by atoms with van der Waals surface area (Å²) in [7, 11) is 0. The highest BCUT2D eigenvalue weighted by atomic mass is 32.2. The van der Waals surface area contributed by atoms with Gasteiger partial charge in [0.05, 0.1) is 10.9 Å². The second kappa shape index (κ2) is 8.23. The molecule has 31 heavy (non-hydrogen) atoms. The minimum absolute atomic E-state index is 0.0286. The minimum atomic E-state index is -0.465. The monoisotopic (exact) mass is 435 g/mol. The molecule has 1 atom stereocenters. The van der Waals surface area contributed by atoms with E-state index in [0.29, 0.717) is 17.8 Å². The number of amides is 3. The first-order chi connectivity index (χ1) is 14.7. The van der Waals surface area contributed by atoms with Gasteiger partial charge in [0.15, 0.2) is 0 Å². The summed E-state index contributed by atoms with van der Waals surface area (Å²) in [6.45, 7) is 6.06. The van der Waals surface area contributed by atoms with Crippen LogP contribution in [-0.2, 0) is 14.4 Å². The third-order valence-electron chi connectivity index (χ3n) is 5.01. The Morgan fingerprint density at radius 3 is 2.58 bits per heavy atom. The molecule has 2 N–H and O–H groups in total. The smallest absolute Gasteiger partial charge is 0.247 e. The largest absolute Gasteiger partial charge is 0.361 e. The van der Waals surface area contributed by atoms with Crippen molar-refractivity contribution in [3.8, 4) is 0 Å². The lowest BCUT2D eigenvalue weighted by Gasteiger charge is -2.17. The maximum atomic E-state index is 13.0. The average Bonchev–Trinajstić information content (AvgIpc) is 3.25. The molecule has 160 valence electrons. The molecule has 3 amide bonds. The van der Waals surface area contributed by atoms with E-state index in [4.69, 9.17) is 0 Å². The first-order valence-electron chi connectivity index (χ1n) is 10.2. The third-order valence-corrected chi connectivity index (χ3v) is 6.21. The Balaban J connectivity index is 1.42. The zero-order valence-electron chi connectivity index (χ0n) is 17.8. The predicted molar refractivity (Wildman–Crippen MR) is 124 cm³/mol. The zero-order valence-corrected chi connectivity index (χ0v) is 18.6. The summed E-state index contributed by atoms with van der Waals surface area (Å²) in [6.07, 6.45) is 2.43. The van der Waals surface area contributed by atoms with Gasteiger partial charge < -0.3 is 10.3 Å². The molecule has 1 unspecified atom stereocenters. The van der Waals surface area contributed by atoms with Crippen LogP contribution in [0.1, 0.15) is 33.6 Å². The van der Waals surface area contributed by atoms with Crippen LogP contribution in [-0.4, -0.2) is 28.0 Å². The Morgan fingerprint density at radius 1 is 1.13 bits per heavy atom. The molecule has 1 aromatic heterocycles. The van der Waals surface area contributed by atoms with E-state index in [2.05, 4.69) is 10.3 Å². The predicted octanol–water partition coefficient (Wildman–Crippen LogP) is 4.97. The van der Waals surface area contributed by atoms with Crippen molar-refractivity contribution in [3.63, 3.8) is 0 Å². The van der Waals surface area contributed by atoms with Crippen LogP contribution in [0.3, 0.4) is 0 Å². The molecule has 0 aliphatic carbocycles. The highest BCUT2D eigenvalue weighted by molar-refractivity contribution is 8.00. The molecule has 4 rings (SSSR count). The number of hydrogen-bond acceptors (Lipinski definition) is 4. The van der Waals surface area contributed by atoms with E-state index < -0.39 is 5.25 Å². The van der Waals surface area contributed by atoms with Gasteiger partial charge in [-0.15, -0.1) is 11.8 Å². The van der Waals surface area contributed by atoms with Crippen molar-refractivity contribution in [3.05, 3.63) is 54.7 Å². The summed E-state index contributed by atoms with van der Waals surface area (Å²) in [5.41, 5.74) is 2.11. The van der Waals surface area contributed by atoms with Gasteiger partial charge >= 0.3 is 0 Å². The maximum absolute atomic E-state index is 13.0. The van der Waals surface area contributed by atoms with Crippen LogP contribution >= 0.6 is 11.8 Å². The topological polar surface area (TPSA) is 82.3 Å². The quantitative estimate of drug-likeness (QED) is 0.555. The summed E-state index contributed by atoms with van der Waals surface area (Å²) < 4.78 is 0. The van der Waals surface area contributed by atoms with E-state index in [-0.39, 0.29) is 29.6 Å². The van der Waals surface area contributed by atoms with Crippen LogP contribution in [0.25, 0.3) is 10.9 Å². The van der Waals surface area contributed by atoms with Gasteiger partial charge in [-0.25, -0.2) is 4.90 Å². The minimum Gasteiger partial charge on any atom is -0.361 e. The summed E-state index contributed by atoms with van der Waals surface area (Å²) in [5, 5.41) is 3.46. The third kappa shape index (κ3) is 4.82. The van der Waals surface area contributed by atoms with Crippen molar-refractivity contribution in [2.45, 2.75) is 43.8 Å². The van der Waals surface area contributed by atoms with E-state index in [1.54, 1.807) is 6.07 Å². The Labute approximate surface area is 185 Å². The van der Waals surface area contributed by atoms with E-state index >= 15 is 0 Å². The molecule has 1 aliphatic rings. The second-order valence-electron chi connectivity index (χ2n) is 8.94. The SMILES string of the molecule is CC(C)(C)CC(=O)Nc1ccc(SC2CC(=O)N(c3ccc4cc[nH]c4c3)C2=O)cc1. The number of nitrogens with one attached hydrogen (secondary N) is 2. The lowest BCUT2D eigenvalue weighted by atomic mass is 9.92. The van der Waals surface area contributed by atoms with Crippen molar-refractivity contribution in [1.82, 2.24) is 4.98 Å². The number of carbonyl (C=O) groups excluding carboxylic acids is 3. The Kier molecular flexibility index (Phi) is 5.62. The van der Waals surface area contributed by atoms with Gasteiger partial charge in [-0.1, -0.05) is 26.8 Å². The van der Waals surface area contributed by atoms with Crippen LogP contribution in [0.15, 0.2) is 59.6 Å². The molecule has 1 saturated heterocycles. The average molecular weight is 436 g/mol. The summed E-state index contributed by atoms with van der Waals surface area (Å²) in [5.74, 6) is -0.429. The molecule has 0 spiro atoms. The number of aromatic amines is 1. The number of imide groups is 1. The van der Waals surface area contributed by atoms with Crippen molar-refractivity contribution < 1.29 is 14.4 Å². The van der Waals surface area contributed by atoms with Gasteiger partial charge in [-0.3, -0.25) is 14.4 Å². The molecular formula is C24H25N3O3S. The van der Waals surface area contributed by atoms with Crippen LogP contribution < -0.4 is 10.2 Å². The zero-order chi connectivity index (χ0) is 22.2. The van der Waals surface area contributed by atoms with Gasteiger partial charge in [0.2, 0.25) is 17.7 Å². The van der Waals surface area contributed by atoms with E-state index in [1.165, 1.54) is 16.7 Å². The number of rotatable bonds is 5. The molecule has 2 aromatic carbocycles. The molecule has 2 heterocycles. The van der Waals surface area contributed by atoms with Gasteiger partial charge in [0.25, 0.3) is 0 Å². The summed E-state index contributed by atoms with van der Waals surface area (Å²) in [4.78, 5) is 42.9. The summed E-state index contributed by atoms with van der Waals surface area (Å²) in [6, 6.07) is 14.8. The number of H-pyrrole nitrogens is 1. The maximum Gasteiger partial charge on any atom is 0.247 e. The Morgan fingerprint density at radius 2 is 1.87 bits per heavy atom. The van der Waals surface area contributed by atoms with Crippen LogP contribution in [0.2, 0.25) is 0 Å². The molecule has 1 fully saturated rings. The second-order valence-corrected chi connectivity index (χ2v) is 10.2. The number of benzene rings is 2. The highest BCUT2D eigenvalue weighted by Gasteiger charge is 2.40. The molecule has 0 radical (unpaired) electrons. The van der Waals surface area contributed by atoms with Crippen molar-refractivity contribution in [2.75, 3.05) is 10.2 Å². The first-order valence-corrected chi connectivity index (χ1v) is 11.1. The number of carbonyl (C=O) groups is 3. The Hall–Kier alpha value is -3.06. The van der Waals surface area contributed by atoms with Crippen molar-refractivity contribution in [2.24, 2.45) is 5.41 Å². The highest BCUT2D eigenvalue weighted by Crippen LogP contribution is 2.35. The molecule has 0 saturated carbocycles. The van der Waals surface area contributed by atoms with Crippen molar-refractivity contribution >= 4 is 51.8 Å². The molecule has 0 bridgehead atoms. The fraction of sp³-hybridized carbons (Fsp3) is 0.292.